The maximum atomic E-state index is 5.59. The molecule has 5 nitrogen and oxygen atoms in total. The standard InChI is InChI=1S/C11H14N4O/c1-8-3-9(4-12)5-13-11(8)16-10-6-14-15(2)7-10/h3,5-7H,4,12H2,1-2H3. The molecule has 0 unspecified atom stereocenters. The first-order valence-corrected chi connectivity index (χ1v) is 5.01. The van der Waals surface area contributed by atoms with E-state index >= 15 is 0 Å². The summed E-state index contributed by atoms with van der Waals surface area (Å²) < 4.78 is 7.27. The lowest BCUT2D eigenvalue weighted by Crippen LogP contribution is -1.99. The fourth-order valence-electron chi connectivity index (χ4n) is 1.40. The van der Waals surface area contributed by atoms with Gasteiger partial charge in [-0.2, -0.15) is 5.10 Å². The molecule has 2 aromatic heterocycles. The van der Waals surface area contributed by atoms with E-state index in [2.05, 4.69) is 10.1 Å². The minimum absolute atomic E-state index is 0.487. The van der Waals surface area contributed by atoms with Crippen molar-refractivity contribution >= 4 is 0 Å². The molecule has 0 saturated carbocycles. The van der Waals surface area contributed by atoms with E-state index in [1.54, 1.807) is 23.3 Å². The smallest absolute Gasteiger partial charge is 0.222 e. The highest BCUT2D eigenvalue weighted by Gasteiger charge is 2.05. The number of rotatable bonds is 3. The Morgan fingerprint density at radius 2 is 2.25 bits per heavy atom. The van der Waals surface area contributed by atoms with Gasteiger partial charge in [0.2, 0.25) is 5.88 Å². The quantitative estimate of drug-likeness (QED) is 0.845. The highest BCUT2D eigenvalue weighted by Crippen LogP contribution is 2.22. The third-order valence-corrected chi connectivity index (χ3v) is 2.22. The van der Waals surface area contributed by atoms with Gasteiger partial charge in [-0.25, -0.2) is 4.98 Å². The van der Waals surface area contributed by atoms with Gasteiger partial charge in [0.1, 0.15) is 0 Å². The molecule has 5 heteroatoms. The number of nitrogens with zero attached hydrogens (tertiary/aromatic N) is 3. The minimum atomic E-state index is 0.487. The van der Waals surface area contributed by atoms with Crippen LogP contribution in [-0.2, 0) is 13.6 Å². The Labute approximate surface area is 93.9 Å². The van der Waals surface area contributed by atoms with Crippen LogP contribution in [0.4, 0.5) is 0 Å². The van der Waals surface area contributed by atoms with Crippen LogP contribution in [0.2, 0.25) is 0 Å². The van der Waals surface area contributed by atoms with E-state index in [-0.39, 0.29) is 0 Å². The van der Waals surface area contributed by atoms with Crippen LogP contribution in [0.25, 0.3) is 0 Å². The predicted molar refractivity (Wildman–Crippen MR) is 60.1 cm³/mol. The largest absolute Gasteiger partial charge is 0.435 e. The molecule has 0 aliphatic heterocycles. The van der Waals surface area contributed by atoms with E-state index in [0.29, 0.717) is 18.2 Å². The number of aromatic nitrogens is 3. The van der Waals surface area contributed by atoms with Crippen LogP contribution >= 0.6 is 0 Å². The first kappa shape index (κ1) is 10.6. The topological polar surface area (TPSA) is 66.0 Å². The molecule has 2 heterocycles. The van der Waals surface area contributed by atoms with Crippen LogP contribution in [0.3, 0.4) is 0 Å². The molecule has 0 saturated heterocycles. The molecule has 0 fully saturated rings. The first-order chi connectivity index (χ1) is 7.69. The lowest BCUT2D eigenvalue weighted by atomic mass is 10.2. The van der Waals surface area contributed by atoms with E-state index in [1.807, 2.05) is 20.0 Å². The summed E-state index contributed by atoms with van der Waals surface area (Å²) in [4.78, 5) is 4.21. The monoisotopic (exact) mass is 218 g/mol. The van der Waals surface area contributed by atoms with Crippen molar-refractivity contribution < 1.29 is 4.74 Å². The summed E-state index contributed by atoms with van der Waals surface area (Å²) in [7, 11) is 1.84. The van der Waals surface area contributed by atoms with Crippen molar-refractivity contribution in [1.82, 2.24) is 14.8 Å². The van der Waals surface area contributed by atoms with Crippen molar-refractivity contribution in [3.05, 3.63) is 35.8 Å². The first-order valence-electron chi connectivity index (χ1n) is 5.01. The molecule has 0 aliphatic carbocycles. The predicted octanol–water partition coefficient (Wildman–Crippen LogP) is 1.37. The van der Waals surface area contributed by atoms with E-state index in [9.17, 15) is 0 Å². The fourth-order valence-corrected chi connectivity index (χ4v) is 1.40. The van der Waals surface area contributed by atoms with Crippen LogP contribution < -0.4 is 10.5 Å². The van der Waals surface area contributed by atoms with Crippen LogP contribution in [0.1, 0.15) is 11.1 Å². The third-order valence-electron chi connectivity index (χ3n) is 2.22. The second kappa shape index (κ2) is 4.32. The van der Waals surface area contributed by atoms with E-state index < -0.39 is 0 Å². The van der Waals surface area contributed by atoms with Gasteiger partial charge >= 0.3 is 0 Å². The minimum Gasteiger partial charge on any atom is -0.435 e. The van der Waals surface area contributed by atoms with Crippen molar-refractivity contribution in [1.29, 1.82) is 0 Å². The van der Waals surface area contributed by atoms with Gasteiger partial charge in [-0.1, -0.05) is 0 Å². The molecule has 0 amide bonds. The maximum absolute atomic E-state index is 5.59. The zero-order chi connectivity index (χ0) is 11.5. The Morgan fingerprint density at radius 3 is 2.81 bits per heavy atom. The van der Waals surface area contributed by atoms with Gasteiger partial charge in [-0.3, -0.25) is 4.68 Å². The number of ether oxygens (including phenoxy) is 1. The van der Waals surface area contributed by atoms with Crippen LogP contribution in [0.15, 0.2) is 24.7 Å². The van der Waals surface area contributed by atoms with E-state index in [4.69, 9.17) is 10.5 Å². The molecular formula is C11H14N4O. The summed E-state index contributed by atoms with van der Waals surface area (Å²) in [5, 5.41) is 4.02. The maximum Gasteiger partial charge on any atom is 0.222 e. The Hall–Kier alpha value is -1.88. The molecule has 16 heavy (non-hydrogen) atoms. The van der Waals surface area contributed by atoms with Crippen molar-refractivity contribution in [3.8, 4) is 11.6 Å². The molecule has 0 bridgehead atoms. The average molecular weight is 218 g/mol. The summed E-state index contributed by atoms with van der Waals surface area (Å²) in [6.45, 7) is 2.43. The van der Waals surface area contributed by atoms with Crippen molar-refractivity contribution in [2.45, 2.75) is 13.5 Å². The molecular weight excluding hydrogens is 204 g/mol. The molecule has 0 atom stereocenters. The molecule has 2 rings (SSSR count). The fraction of sp³-hybridized carbons (Fsp3) is 0.273. The van der Waals surface area contributed by atoms with Crippen molar-refractivity contribution in [3.63, 3.8) is 0 Å². The summed E-state index contributed by atoms with van der Waals surface area (Å²) >= 11 is 0. The van der Waals surface area contributed by atoms with Gasteiger partial charge in [-0.05, 0) is 18.6 Å². The highest BCUT2D eigenvalue weighted by molar-refractivity contribution is 5.31. The van der Waals surface area contributed by atoms with E-state index in [0.717, 1.165) is 11.1 Å². The Kier molecular flexibility index (Phi) is 2.87. The SMILES string of the molecule is Cc1cc(CN)cnc1Oc1cnn(C)c1. The second-order valence-corrected chi connectivity index (χ2v) is 3.62. The molecule has 84 valence electrons. The van der Waals surface area contributed by atoms with Gasteiger partial charge in [0.25, 0.3) is 0 Å². The highest BCUT2D eigenvalue weighted by atomic mass is 16.5. The molecule has 2 aromatic rings. The van der Waals surface area contributed by atoms with Gasteiger partial charge in [-0.15, -0.1) is 0 Å². The van der Waals surface area contributed by atoms with Gasteiger partial charge in [0.05, 0.1) is 12.4 Å². The van der Waals surface area contributed by atoms with Gasteiger partial charge in [0.15, 0.2) is 5.75 Å². The van der Waals surface area contributed by atoms with Gasteiger partial charge < -0.3 is 10.5 Å². The number of aryl methyl sites for hydroxylation is 2. The van der Waals surface area contributed by atoms with E-state index in [1.165, 1.54) is 0 Å². The third kappa shape index (κ3) is 2.20. The number of pyridine rings is 1. The zero-order valence-corrected chi connectivity index (χ0v) is 9.34. The lowest BCUT2D eigenvalue weighted by molar-refractivity contribution is 0.458. The van der Waals surface area contributed by atoms with Crippen molar-refractivity contribution in [2.75, 3.05) is 0 Å². The summed E-state index contributed by atoms with van der Waals surface area (Å²) in [5.41, 5.74) is 7.49. The molecule has 0 aliphatic rings. The number of hydrogen-bond donors (Lipinski definition) is 1. The van der Waals surface area contributed by atoms with Crippen molar-refractivity contribution in [2.24, 2.45) is 12.8 Å². The summed E-state index contributed by atoms with van der Waals surface area (Å²) in [5.74, 6) is 1.27. The molecule has 2 N–H and O–H groups in total. The molecule has 0 aromatic carbocycles. The lowest BCUT2D eigenvalue weighted by Gasteiger charge is -2.06. The normalized spacial score (nSPS) is 10.4. The summed E-state index contributed by atoms with van der Waals surface area (Å²) in [6, 6.07) is 1.97. The Morgan fingerprint density at radius 1 is 1.44 bits per heavy atom. The Bertz CT molecular complexity index is 492. The van der Waals surface area contributed by atoms with Crippen LogP contribution in [0.5, 0.6) is 11.6 Å². The number of nitrogens with two attached hydrogens (primary N) is 1. The van der Waals surface area contributed by atoms with Gasteiger partial charge in [0, 0.05) is 25.4 Å². The summed E-state index contributed by atoms with van der Waals surface area (Å²) in [6.07, 6.45) is 5.16. The zero-order valence-electron chi connectivity index (χ0n) is 9.34. The van der Waals surface area contributed by atoms with Crippen LogP contribution in [-0.4, -0.2) is 14.8 Å². The molecule has 0 spiro atoms. The average Bonchev–Trinajstić information content (AvgIpc) is 2.67. The van der Waals surface area contributed by atoms with Crippen LogP contribution in [0, 0.1) is 6.92 Å². The number of hydrogen-bond acceptors (Lipinski definition) is 4. The Balaban J connectivity index is 2.21. The second-order valence-electron chi connectivity index (χ2n) is 3.62. The molecule has 0 radical (unpaired) electrons.